The molecule has 0 fully saturated rings. The van der Waals surface area contributed by atoms with Crippen molar-refractivity contribution in [2.45, 2.75) is 13.8 Å². The fourth-order valence-corrected chi connectivity index (χ4v) is 0.353. The summed E-state index contributed by atoms with van der Waals surface area (Å²) in [6, 6.07) is 0. The highest BCUT2D eigenvalue weighted by Crippen LogP contribution is 1.85. The van der Waals surface area contributed by atoms with E-state index in [-0.39, 0.29) is 6.61 Å². The lowest BCUT2D eigenvalue weighted by atomic mass is 10.2. The van der Waals surface area contributed by atoms with E-state index in [1.807, 2.05) is 13.8 Å². The number of hydrogen-bond donors (Lipinski definition) is 1. The zero-order chi connectivity index (χ0) is 7.98. The average Bonchev–Trinajstić information content (AvgIpc) is 1.79. The smallest absolute Gasteiger partial charge is 0.405 e. The zero-order valence-electron chi connectivity index (χ0n) is 6.18. The standard InChI is InChI=1S/C7H11NO2/c1-6(2)4-3-5-10-7(8)9/h6H,5H2,1-2H3,(H2,8,9). The Hall–Kier alpha value is -1.17. The number of amides is 1. The van der Waals surface area contributed by atoms with Crippen LogP contribution >= 0.6 is 0 Å². The SMILES string of the molecule is CC(C)C#CCOC(N)=O. The van der Waals surface area contributed by atoms with Crippen LogP contribution in [0.4, 0.5) is 4.79 Å². The predicted octanol–water partition coefficient (Wildman–Crippen LogP) is 0.741. The number of rotatable bonds is 1. The first-order valence-corrected chi connectivity index (χ1v) is 3.03. The molecule has 3 nitrogen and oxygen atoms in total. The van der Waals surface area contributed by atoms with Crippen molar-refractivity contribution in [3.8, 4) is 11.8 Å². The van der Waals surface area contributed by atoms with Gasteiger partial charge in [-0.05, 0) is 0 Å². The number of nitrogens with two attached hydrogens (primary N) is 1. The molecule has 1 amide bonds. The highest BCUT2D eigenvalue weighted by molar-refractivity contribution is 5.64. The summed E-state index contributed by atoms with van der Waals surface area (Å²) >= 11 is 0. The van der Waals surface area contributed by atoms with Crippen LogP contribution in [0.15, 0.2) is 0 Å². The minimum atomic E-state index is -0.780. The van der Waals surface area contributed by atoms with Gasteiger partial charge in [0.25, 0.3) is 0 Å². The lowest BCUT2D eigenvalue weighted by Crippen LogP contribution is -2.12. The third-order valence-electron chi connectivity index (χ3n) is 0.677. The van der Waals surface area contributed by atoms with Gasteiger partial charge in [-0.3, -0.25) is 0 Å². The Bertz CT molecular complexity index is 164. The fraction of sp³-hybridized carbons (Fsp3) is 0.571. The van der Waals surface area contributed by atoms with E-state index in [1.165, 1.54) is 0 Å². The number of ether oxygens (including phenoxy) is 1. The first kappa shape index (κ1) is 8.83. The molecule has 3 heteroatoms. The van der Waals surface area contributed by atoms with E-state index in [0.29, 0.717) is 5.92 Å². The van der Waals surface area contributed by atoms with Gasteiger partial charge in [0, 0.05) is 5.92 Å². The van der Waals surface area contributed by atoms with Gasteiger partial charge >= 0.3 is 6.09 Å². The molecule has 0 rings (SSSR count). The zero-order valence-corrected chi connectivity index (χ0v) is 6.18. The Morgan fingerprint density at radius 2 is 2.30 bits per heavy atom. The maximum atomic E-state index is 9.98. The molecule has 0 saturated carbocycles. The van der Waals surface area contributed by atoms with Gasteiger partial charge in [0.05, 0.1) is 0 Å². The molecule has 0 aliphatic rings. The summed E-state index contributed by atoms with van der Waals surface area (Å²) in [5, 5.41) is 0. The van der Waals surface area contributed by atoms with Crippen LogP contribution < -0.4 is 5.73 Å². The molecule has 10 heavy (non-hydrogen) atoms. The second kappa shape index (κ2) is 4.68. The molecule has 0 bridgehead atoms. The molecule has 56 valence electrons. The molecule has 0 aromatic heterocycles. The van der Waals surface area contributed by atoms with Gasteiger partial charge in [0.1, 0.15) is 0 Å². The molecular formula is C7H11NO2. The Morgan fingerprint density at radius 3 is 2.70 bits per heavy atom. The molecule has 0 spiro atoms. The lowest BCUT2D eigenvalue weighted by Gasteiger charge is -1.91. The quantitative estimate of drug-likeness (QED) is 0.547. The van der Waals surface area contributed by atoms with Crippen LogP contribution in [0.5, 0.6) is 0 Å². The van der Waals surface area contributed by atoms with Gasteiger partial charge < -0.3 is 10.5 Å². The van der Waals surface area contributed by atoms with Crippen molar-refractivity contribution >= 4 is 6.09 Å². The number of carbonyl (C=O) groups is 1. The molecule has 0 atom stereocenters. The van der Waals surface area contributed by atoms with Gasteiger partial charge in [-0.1, -0.05) is 25.7 Å². The van der Waals surface area contributed by atoms with Crippen molar-refractivity contribution in [1.82, 2.24) is 0 Å². The molecule has 0 aromatic carbocycles. The van der Waals surface area contributed by atoms with Gasteiger partial charge in [0.15, 0.2) is 6.61 Å². The minimum Gasteiger partial charge on any atom is -0.437 e. The minimum absolute atomic E-state index is 0.0908. The van der Waals surface area contributed by atoms with Gasteiger partial charge in [-0.15, -0.1) is 0 Å². The normalized spacial score (nSPS) is 8.30. The van der Waals surface area contributed by atoms with Crippen LogP contribution in [0.1, 0.15) is 13.8 Å². The fourth-order valence-electron chi connectivity index (χ4n) is 0.353. The van der Waals surface area contributed by atoms with Crippen molar-refractivity contribution in [1.29, 1.82) is 0 Å². The summed E-state index contributed by atoms with van der Waals surface area (Å²) in [4.78, 5) is 9.98. The second-order valence-corrected chi connectivity index (χ2v) is 2.08. The molecule has 0 heterocycles. The van der Waals surface area contributed by atoms with Crippen molar-refractivity contribution < 1.29 is 9.53 Å². The summed E-state index contributed by atoms with van der Waals surface area (Å²) < 4.78 is 4.36. The van der Waals surface area contributed by atoms with Crippen LogP contribution in [-0.4, -0.2) is 12.7 Å². The first-order chi connectivity index (χ1) is 4.63. The van der Waals surface area contributed by atoms with Gasteiger partial charge in [0.2, 0.25) is 0 Å². The molecule has 0 unspecified atom stereocenters. The van der Waals surface area contributed by atoms with Crippen LogP contribution in [0.25, 0.3) is 0 Å². The summed E-state index contributed by atoms with van der Waals surface area (Å²) in [5.41, 5.74) is 4.68. The first-order valence-electron chi connectivity index (χ1n) is 3.03. The Kier molecular flexibility index (Phi) is 4.14. The van der Waals surface area contributed by atoms with Crippen molar-refractivity contribution in [2.75, 3.05) is 6.61 Å². The Morgan fingerprint density at radius 1 is 1.70 bits per heavy atom. The van der Waals surface area contributed by atoms with Crippen LogP contribution in [0.2, 0.25) is 0 Å². The highest BCUT2D eigenvalue weighted by Gasteiger charge is 1.87. The number of hydrogen-bond acceptors (Lipinski definition) is 2. The van der Waals surface area contributed by atoms with E-state index in [2.05, 4.69) is 22.3 Å². The van der Waals surface area contributed by atoms with Crippen LogP contribution in [-0.2, 0) is 4.74 Å². The maximum Gasteiger partial charge on any atom is 0.405 e. The molecule has 0 aliphatic heterocycles. The van der Waals surface area contributed by atoms with E-state index in [9.17, 15) is 4.79 Å². The van der Waals surface area contributed by atoms with E-state index in [4.69, 9.17) is 0 Å². The van der Waals surface area contributed by atoms with Gasteiger partial charge in [-0.2, -0.15) is 0 Å². The monoisotopic (exact) mass is 141 g/mol. The Labute approximate surface area is 60.5 Å². The topological polar surface area (TPSA) is 52.3 Å². The maximum absolute atomic E-state index is 9.98. The predicted molar refractivity (Wildman–Crippen MR) is 38.1 cm³/mol. The second-order valence-electron chi connectivity index (χ2n) is 2.08. The average molecular weight is 141 g/mol. The van der Waals surface area contributed by atoms with E-state index in [0.717, 1.165) is 0 Å². The Balaban J connectivity index is 3.38. The summed E-state index contributed by atoms with van der Waals surface area (Å²) in [6.07, 6.45) is -0.780. The molecule has 0 saturated heterocycles. The highest BCUT2D eigenvalue weighted by atomic mass is 16.5. The van der Waals surface area contributed by atoms with E-state index >= 15 is 0 Å². The lowest BCUT2D eigenvalue weighted by molar-refractivity contribution is 0.171. The summed E-state index contributed by atoms with van der Waals surface area (Å²) in [7, 11) is 0. The van der Waals surface area contributed by atoms with E-state index in [1.54, 1.807) is 0 Å². The van der Waals surface area contributed by atoms with E-state index < -0.39 is 6.09 Å². The van der Waals surface area contributed by atoms with Crippen molar-refractivity contribution in [3.05, 3.63) is 0 Å². The van der Waals surface area contributed by atoms with Crippen LogP contribution in [0, 0.1) is 17.8 Å². The van der Waals surface area contributed by atoms with Crippen molar-refractivity contribution in [3.63, 3.8) is 0 Å². The molecular weight excluding hydrogens is 130 g/mol. The third-order valence-corrected chi connectivity index (χ3v) is 0.677. The van der Waals surface area contributed by atoms with Crippen molar-refractivity contribution in [2.24, 2.45) is 11.7 Å². The molecule has 0 radical (unpaired) electrons. The molecule has 0 aromatic rings. The molecule has 0 aliphatic carbocycles. The van der Waals surface area contributed by atoms with Crippen LogP contribution in [0.3, 0.4) is 0 Å². The largest absolute Gasteiger partial charge is 0.437 e. The summed E-state index contributed by atoms with van der Waals surface area (Å²) in [5.74, 6) is 5.76. The summed E-state index contributed by atoms with van der Waals surface area (Å²) in [6.45, 7) is 4.00. The number of carbonyl (C=O) groups excluding carboxylic acids is 1. The molecule has 2 N–H and O–H groups in total. The third kappa shape index (κ3) is 6.83. The number of primary amides is 1. The van der Waals surface area contributed by atoms with Gasteiger partial charge in [-0.25, -0.2) is 4.79 Å².